The van der Waals surface area contributed by atoms with E-state index in [1.165, 1.54) is 11.3 Å². The molecule has 0 aliphatic rings. The van der Waals surface area contributed by atoms with E-state index in [1.54, 1.807) is 5.38 Å². The van der Waals surface area contributed by atoms with E-state index in [0.29, 0.717) is 11.7 Å². The third-order valence-electron chi connectivity index (χ3n) is 2.69. The van der Waals surface area contributed by atoms with Crippen LogP contribution >= 0.6 is 11.3 Å². The van der Waals surface area contributed by atoms with E-state index < -0.39 is 5.91 Å². The summed E-state index contributed by atoms with van der Waals surface area (Å²) >= 11 is 1.19. The molecule has 7 nitrogen and oxygen atoms in total. The number of likely N-dealkylation sites (N-methyl/N-ethyl adjacent to an activating group) is 1. The van der Waals surface area contributed by atoms with Gasteiger partial charge in [0.25, 0.3) is 5.91 Å². The van der Waals surface area contributed by atoms with Crippen LogP contribution in [0.5, 0.6) is 0 Å². The highest BCUT2D eigenvalue weighted by molar-refractivity contribution is 7.13. The predicted octanol–water partition coefficient (Wildman–Crippen LogP) is 0.362. The summed E-state index contributed by atoms with van der Waals surface area (Å²) in [5, 5.41) is 16.5. The number of hydrogen-bond acceptors (Lipinski definition) is 7. The third-order valence-corrected chi connectivity index (χ3v) is 3.36. The second kappa shape index (κ2) is 7.70. The Labute approximate surface area is 116 Å². The number of amides is 1. The first-order valence-electron chi connectivity index (χ1n) is 6.06. The first-order chi connectivity index (χ1) is 9.12. The number of nitrogens with one attached hydrogen (secondary N) is 1. The van der Waals surface area contributed by atoms with Crippen molar-refractivity contribution in [3.05, 3.63) is 11.1 Å². The summed E-state index contributed by atoms with van der Waals surface area (Å²) in [6, 6.07) is 0. The van der Waals surface area contributed by atoms with Gasteiger partial charge in [-0.05, 0) is 13.1 Å². The molecule has 0 aliphatic carbocycles. The lowest BCUT2D eigenvalue weighted by atomic mass is 10.3. The molecule has 19 heavy (non-hydrogen) atoms. The van der Waals surface area contributed by atoms with Gasteiger partial charge in [0.1, 0.15) is 5.69 Å². The van der Waals surface area contributed by atoms with Crippen molar-refractivity contribution in [2.75, 3.05) is 31.9 Å². The van der Waals surface area contributed by atoms with Gasteiger partial charge in [-0.2, -0.15) is 0 Å². The Balaban J connectivity index is 2.52. The average Bonchev–Trinajstić information content (AvgIpc) is 2.82. The highest BCUT2D eigenvalue weighted by Gasteiger charge is 2.17. The minimum atomic E-state index is -0.458. The van der Waals surface area contributed by atoms with Crippen molar-refractivity contribution in [3.63, 3.8) is 0 Å². The number of rotatable bonds is 7. The van der Waals surface area contributed by atoms with Gasteiger partial charge in [-0.15, -0.1) is 11.3 Å². The van der Waals surface area contributed by atoms with Crippen molar-refractivity contribution in [2.45, 2.75) is 13.8 Å². The molecule has 0 fully saturated rings. The van der Waals surface area contributed by atoms with Crippen LogP contribution in [0.25, 0.3) is 0 Å². The Kier molecular flexibility index (Phi) is 6.23. The van der Waals surface area contributed by atoms with Crippen LogP contribution in [0.4, 0.5) is 5.13 Å². The van der Waals surface area contributed by atoms with Gasteiger partial charge in [0.15, 0.2) is 10.8 Å². The lowest BCUT2D eigenvalue weighted by molar-refractivity contribution is -0.114. The molecular formula is C11H19N5O2S. The summed E-state index contributed by atoms with van der Waals surface area (Å²) < 4.78 is 0. The van der Waals surface area contributed by atoms with Gasteiger partial charge in [0.05, 0.1) is 0 Å². The van der Waals surface area contributed by atoms with Gasteiger partial charge >= 0.3 is 0 Å². The minimum Gasteiger partial charge on any atom is -0.410 e. The first-order valence-corrected chi connectivity index (χ1v) is 6.94. The van der Waals surface area contributed by atoms with Crippen LogP contribution in [0.1, 0.15) is 19.5 Å². The normalized spacial score (nSPS) is 11.8. The van der Waals surface area contributed by atoms with E-state index in [2.05, 4.69) is 34.2 Å². The molecule has 0 aliphatic heterocycles. The Morgan fingerprint density at radius 1 is 1.58 bits per heavy atom. The maximum Gasteiger partial charge on any atom is 0.275 e. The smallest absolute Gasteiger partial charge is 0.275 e. The molecule has 0 bridgehead atoms. The largest absolute Gasteiger partial charge is 0.410 e. The van der Waals surface area contributed by atoms with Crippen molar-refractivity contribution in [3.8, 4) is 0 Å². The second-order valence-electron chi connectivity index (χ2n) is 3.80. The molecular weight excluding hydrogens is 266 g/mol. The fourth-order valence-electron chi connectivity index (χ4n) is 1.56. The van der Waals surface area contributed by atoms with Crippen LogP contribution in [0.15, 0.2) is 10.5 Å². The summed E-state index contributed by atoms with van der Waals surface area (Å²) in [4.78, 5) is 17.9. The van der Waals surface area contributed by atoms with Gasteiger partial charge in [-0.25, -0.2) is 4.98 Å². The zero-order chi connectivity index (χ0) is 14.3. The second-order valence-corrected chi connectivity index (χ2v) is 4.69. The molecule has 0 unspecified atom stereocenters. The molecule has 106 valence electrons. The third kappa shape index (κ3) is 4.49. The molecule has 1 rings (SSSR count). The van der Waals surface area contributed by atoms with Gasteiger partial charge < -0.3 is 21.2 Å². The SMILES string of the molecule is CCN(CC)CCNC(=O)/C(=N\O)c1csc(N)n1. The summed E-state index contributed by atoms with van der Waals surface area (Å²) in [5.74, 6) is -0.458. The highest BCUT2D eigenvalue weighted by atomic mass is 32.1. The molecule has 0 spiro atoms. The number of nitrogen functional groups attached to an aromatic ring is 1. The molecule has 0 saturated carbocycles. The lowest BCUT2D eigenvalue weighted by Crippen LogP contribution is -2.38. The van der Waals surface area contributed by atoms with Crippen molar-refractivity contribution in [2.24, 2.45) is 5.16 Å². The topological polar surface area (TPSA) is 104 Å². The maximum atomic E-state index is 11.8. The summed E-state index contributed by atoms with van der Waals surface area (Å²) in [6.45, 7) is 7.20. The molecule has 0 atom stereocenters. The van der Waals surface area contributed by atoms with Crippen molar-refractivity contribution < 1.29 is 10.0 Å². The monoisotopic (exact) mass is 285 g/mol. The molecule has 4 N–H and O–H groups in total. The quantitative estimate of drug-likeness (QED) is 0.381. The van der Waals surface area contributed by atoms with Crippen LogP contribution in [0.3, 0.4) is 0 Å². The number of carbonyl (C=O) groups is 1. The molecule has 0 saturated heterocycles. The van der Waals surface area contributed by atoms with Gasteiger partial charge in [0.2, 0.25) is 0 Å². The molecule has 0 radical (unpaired) electrons. The molecule has 0 aromatic carbocycles. The zero-order valence-electron chi connectivity index (χ0n) is 11.1. The van der Waals surface area contributed by atoms with Crippen LogP contribution in [-0.2, 0) is 4.79 Å². The van der Waals surface area contributed by atoms with Crippen LogP contribution < -0.4 is 11.1 Å². The first kappa shape index (κ1) is 15.4. The Bertz CT molecular complexity index is 442. The van der Waals surface area contributed by atoms with E-state index in [4.69, 9.17) is 10.9 Å². The standard InChI is InChI=1S/C11H19N5O2S/c1-3-16(4-2)6-5-13-10(17)9(15-18)8-7-19-11(12)14-8/h7,18H,3-6H2,1-2H3,(H2,12,14)(H,13,17)/b15-9-. The Morgan fingerprint density at radius 2 is 2.26 bits per heavy atom. The molecule has 1 aromatic rings. The fraction of sp³-hybridized carbons (Fsp3) is 0.545. The van der Waals surface area contributed by atoms with Crippen molar-refractivity contribution in [1.29, 1.82) is 0 Å². The lowest BCUT2D eigenvalue weighted by Gasteiger charge is -2.17. The van der Waals surface area contributed by atoms with E-state index in [1.807, 2.05) is 0 Å². The van der Waals surface area contributed by atoms with Crippen molar-refractivity contribution >= 4 is 28.1 Å². The van der Waals surface area contributed by atoms with E-state index >= 15 is 0 Å². The maximum absolute atomic E-state index is 11.8. The number of thiazole rings is 1. The van der Waals surface area contributed by atoms with Gasteiger partial charge in [0, 0.05) is 18.5 Å². The van der Waals surface area contributed by atoms with Crippen LogP contribution in [0, 0.1) is 0 Å². The molecule has 1 heterocycles. The van der Waals surface area contributed by atoms with E-state index in [-0.39, 0.29) is 11.4 Å². The van der Waals surface area contributed by atoms with Crippen molar-refractivity contribution in [1.82, 2.24) is 15.2 Å². The molecule has 1 aromatic heterocycles. The highest BCUT2D eigenvalue weighted by Crippen LogP contribution is 2.11. The predicted molar refractivity (Wildman–Crippen MR) is 75.6 cm³/mol. The molecule has 8 heteroatoms. The molecule has 1 amide bonds. The number of nitrogens with zero attached hydrogens (tertiary/aromatic N) is 3. The number of carbonyl (C=O) groups excluding carboxylic acids is 1. The fourth-order valence-corrected chi connectivity index (χ4v) is 2.11. The number of hydrogen-bond donors (Lipinski definition) is 3. The average molecular weight is 285 g/mol. The van der Waals surface area contributed by atoms with Crippen LogP contribution in [0.2, 0.25) is 0 Å². The summed E-state index contributed by atoms with van der Waals surface area (Å²) in [6.07, 6.45) is 0. The number of anilines is 1. The number of oxime groups is 1. The minimum absolute atomic E-state index is 0.118. The Morgan fingerprint density at radius 3 is 2.74 bits per heavy atom. The Hall–Kier alpha value is -1.67. The van der Waals surface area contributed by atoms with Gasteiger partial charge in [-0.3, -0.25) is 4.79 Å². The number of nitrogens with two attached hydrogens (primary N) is 1. The summed E-state index contributed by atoms with van der Waals surface area (Å²) in [5.41, 5.74) is 5.64. The van der Waals surface area contributed by atoms with Crippen LogP contribution in [-0.4, -0.2) is 52.9 Å². The summed E-state index contributed by atoms with van der Waals surface area (Å²) in [7, 11) is 0. The number of aromatic nitrogens is 1. The van der Waals surface area contributed by atoms with E-state index in [0.717, 1.165) is 19.6 Å². The van der Waals surface area contributed by atoms with E-state index in [9.17, 15) is 4.79 Å². The van der Waals surface area contributed by atoms with Gasteiger partial charge in [-0.1, -0.05) is 19.0 Å². The zero-order valence-corrected chi connectivity index (χ0v) is 11.9.